The highest BCUT2D eigenvalue weighted by Crippen LogP contribution is 2.14. The van der Waals surface area contributed by atoms with Gasteiger partial charge in [0, 0.05) is 31.2 Å². The molecule has 24 heavy (non-hydrogen) atoms. The second kappa shape index (κ2) is 7.88. The number of nitrogens with zero attached hydrogens (tertiary/aromatic N) is 2. The van der Waals surface area contributed by atoms with Crippen LogP contribution in [0.3, 0.4) is 0 Å². The van der Waals surface area contributed by atoms with Gasteiger partial charge < -0.3 is 10.1 Å². The molecule has 1 aromatic carbocycles. The van der Waals surface area contributed by atoms with Crippen molar-refractivity contribution in [1.82, 2.24) is 15.1 Å². The zero-order valence-electron chi connectivity index (χ0n) is 13.5. The van der Waals surface area contributed by atoms with Crippen LogP contribution in [0, 0.1) is 0 Å². The molecule has 1 N–H and O–H groups in total. The number of nitrogens with one attached hydrogen (secondary N) is 1. The van der Waals surface area contributed by atoms with Crippen LogP contribution in [0.15, 0.2) is 47.3 Å². The molecule has 1 saturated heterocycles. The Balaban J connectivity index is 1.58. The van der Waals surface area contributed by atoms with E-state index in [4.69, 9.17) is 4.74 Å². The molecule has 2 heterocycles. The van der Waals surface area contributed by atoms with Crippen LogP contribution in [0.2, 0.25) is 0 Å². The van der Waals surface area contributed by atoms with Gasteiger partial charge in [0.2, 0.25) is 5.91 Å². The number of amides is 1. The summed E-state index contributed by atoms with van der Waals surface area (Å²) in [5.74, 6) is -0.0932. The van der Waals surface area contributed by atoms with Gasteiger partial charge in [-0.2, -0.15) is 5.10 Å². The number of aryl methyl sites for hydroxylation is 1. The number of carbonyl (C=O) groups excluding carboxylic acids is 1. The van der Waals surface area contributed by atoms with Crippen molar-refractivity contribution in [1.29, 1.82) is 0 Å². The van der Waals surface area contributed by atoms with Crippen LogP contribution in [-0.4, -0.2) is 34.9 Å². The summed E-state index contributed by atoms with van der Waals surface area (Å²) in [5, 5.41) is 7.21. The Bertz CT molecular complexity index is 737. The zero-order chi connectivity index (χ0) is 16.8. The second-order valence-corrected chi connectivity index (χ2v) is 5.84. The Morgan fingerprint density at radius 2 is 2.08 bits per heavy atom. The molecule has 1 aliphatic rings. The van der Waals surface area contributed by atoms with Gasteiger partial charge in [0.05, 0.1) is 18.3 Å². The number of carbonyl (C=O) groups is 1. The number of ether oxygens (including phenoxy) is 1. The summed E-state index contributed by atoms with van der Waals surface area (Å²) in [6.45, 7) is 1.56. The third-order valence-corrected chi connectivity index (χ3v) is 4.04. The van der Waals surface area contributed by atoms with E-state index in [1.807, 2.05) is 30.3 Å². The Kier molecular flexibility index (Phi) is 5.38. The van der Waals surface area contributed by atoms with E-state index in [2.05, 4.69) is 10.4 Å². The summed E-state index contributed by atoms with van der Waals surface area (Å²) in [7, 11) is 0. The number of hydrogen-bond donors (Lipinski definition) is 1. The van der Waals surface area contributed by atoms with Crippen molar-refractivity contribution < 1.29 is 9.53 Å². The first-order valence-electron chi connectivity index (χ1n) is 8.24. The van der Waals surface area contributed by atoms with Crippen LogP contribution in [0.25, 0.3) is 11.3 Å². The summed E-state index contributed by atoms with van der Waals surface area (Å²) >= 11 is 0. The molecule has 1 aliphatic heterocycles. The lowest BCUT2D eigenvalue weighted by atomic mass is 10.1. The smallest absolute Gasteiger partial charge is 0.266 e. The molecule has 0 unspecified atom stereocenters. The first-order valence-corrected chi connectivity index (χ1v) is 8.24. The minimum Gasteiger partial charge on any atom is -0.376 e. The molecular weight excluding hydrogens is 306 g/mol. The van der Waals surface area contributed by atoms with Crippen molar-refractivity contribution >= 4 is 5.91 Å². The van der Waals surface area contributed by atoms with Crippen LogP contribution >= 0.6 is 0 Å². The summed E-state index contributed by atoms with van der Waals surface area (Å²) in [6, 6.07) is 12.8. The summed E-state index contributed by atoms with van der Waals surface area (Å²) < 4.78 is 6.81. The number of benzene rings is 1. The van der Waals surface area contributed by atoms with Crippen LogP contribution in [-0.2, 0) is 16.1 Å². The maximum atomic E-state index is 11.9. The number of aromatic nitrogens is 2. The molecule has 0 radical (unpaired) electrons. The molecule has 0 spiro atoms. The molecule has 6 heteroatoms. The van der Waals surface area contributed by atoms with E-state index in [1.54, 1.807) is 6.07 Å². The Hall–Kier alpha value is -2.47. The summed E-state index contributed by atoms with van der Waals surface area (Å²) in [6.07, 6.45) is 2.38. The maximum absolute atomic E-state index is 11.9. The van der Waals surface area contributed by atoms with Gasteiger partial charge in [-0.15, -0.1) is 0 Å². The van der Waals surface area contributed by atoms with Crippen molar-refractivity contribution in [3.8, 4) is 11.3 Å². The van der Waals surface area contributed by atoms with Gasteiger partial charge in [0.15, 0.2) is 0 Å². The number of hydrogen-bond acceptors (Lipinski definition) is 4. The predicted octanol–water partition coefficient (Wildman–Crippen LogP) is 1.60. The van der Waals surface area contributed by atoms with Gasteiger partial charge in [0.25, 0.3) is 5.56 Å². The first kappa shape index (κ1) is 16.4. The lowest BCUT2D eigenvalue weighted by Crippen LogP contribution is -2.33. The van der Waals surface area contributed by atoms with Gasteiger partial charge in [-0.25, -0.2) is 4.68 Å². The molecule has 1 fully saturated rings. The first-order chi connectivity index (χ1) is 11.7. The molecule has 1 amide bonds. The Morgan fingerprint density at radius 3 is 2.83 bits per heavy atom. The molecule has 0 aliphatic carbocycles. The lowest BCUT2D eigenvalue weighted by molar-refractivity contribution is -0.121. The van der Waals surface area contributed by atoms with E-state index in [0.717, 1.165) is 30.7 Å². The standard InChI is InChI=1S/C18H21N3O3/c22-17(19-13-15-7-4-12-24-15)10-11-21-18(23)9-8-16(20-21)14-5-2-1-3-6-14/h1-3,5-6,8-9,15H,4,7,10-13H2,(H,19,22)/t15-/m0/s1. The fraction of sp³-hybridized carbons (Fsp3) is 0.389. The van der Waals surface area contributed by atoms with Crippen LogP contribution in [0.5, 0.6) is 0 Å². The van der Waals surface area contributed by atoms with Gasteiger partial charge in [-0.3, -0.25) is 9.59 Å². The summed E-state index contributed by atoms with van der Waals surface area (Å²) in [4.78, 5) is 23.9. The third-order valence-electron chi connectivity index (χ3n) is 4.04. The highest BCUT2D eigenvalue weighted by atomic mass is 16.5. The molecule has 0 bridgehead atoms. The average Bonchev–Trinajstić information content (AvgIpc) is 3.13. The minimum atomic E-state index is -0.207. The molecule has 1 atom stereocenters. The van der Waals surface area contributed by atoms with E-state index < -0.39 is 0 Å². The summed E-state index contributed by atoms with van der Waals surface area (Å²) in [5.41, 5.74) is 1.45. The molecule has 6 nitrogen and oxygen atoms in total. The topological polar surface area (TPSA) is 73.2 Å². The third kappa shape index (κ3) is 4.29. The van der Waals surface area contributed by atoms with Crippen LogP contribution in [0.1, 0.15) is 19.3 Å². The monoisotopic (exact) mass is 327 g/mol. The molecular formula is C18H21N3O3. The normalized spacial score (nSPS) is 16.9. The van der Waals surface area contributed by atoms with Crippen molar-refractivity contribution in [2.75, 3.05) is 13.2 Å². The number of rotatable bonds is 6. The van der Waals surface area contributed by atoms with E-state index in [-0.39, 0.29) is 30.5 Å². The predicted molar refractivity (Wildman–Crippen MR) is 90.5 cm³/mol. The van der Waals surface area contributed by atoms with Gasteiger partial charge in [0.1, 0.15) is 0 Å². The van der Waals surface area contributed by atoms with Gasteiger partial charge in [-0.1, -0.05) is 30.3 Å². The second-order valence-electron chi connectivity index (χ2n) is 5.84. The van der Waals surface area contributed by atoms with E-state index in [1.165, 1.54) is 10.7 Å². The fourth-order valence-corrected chi connectivity index (χ4v) is 2.70. The van der Waals surface area contributed by atoms with E-state index in [9.17, 15) is 9.59 Å². The Morgan fingerprint density at radius 1 is 1.25 bits per heavy atom. The molecule has 0 saturated carbocycles. The van der Waals surface area contributed by atoms with Crippen molar-refractivity contribution in [2.24, 2.45) is 0 Å². The minimum absolute atomic E-state index is 0.0932. The van der Waals surface area contributed by atoms with Gasteiger partial charge >= 0.3 is 0 Å². The highest BCUT2D eigenvalue weighted by molar-refractivity contribution is 5.75. The van der Waals surface area contributed by atoms with Crippen molar-refractivity contribution in [2.45, 2.75) is 31.9 Å². The molecule has 3 rings (SSSR count). The quantitative estimate of drug-likeness (QED) is 0.874. The fourth-order valence-electron chi connectivity index (χ4n) is 2.70. The maximum Gasteiger partial charge on any atom is 0.266 e. The zero-order valence-corrected chi connectivity index (χ0v) is 13.5. The largest absolute Gasteiger partial charge is 0.376 e. The highest BCUT2D eigenvalue weighted by Gasteiger charge is 2.16. The van der Waals surface area contributed by atoms with Crippen LogP contribution < -0.4 is 10.9 Å². The molecule has 126 valence electrons. The van der Waals surface area contributed by atoms with Crippen molar-refractivity contribution in [3.05, 3.63) is 52.8 Å². The van der Waals surface area contributed by atoms with Crippen LogP contribution in [0.4, 0.5) is 0 Å². The average molecular weight is 327 g/mol. The van der Waals surface area contributed by atoms with Gasteiger partial charge in [-0.05, 0) is 18.9 Å². The lowest BCUT2D eigenvalue weighted by Gasteiger charge is -2.11. The SMILES string of the molecule is O=C(CCn1nc(-c2ccccc2)ccc1=O)NC[C@@H]1CCCO1. The molecule has 1 aromatic heterocycles. The molecule has 2 aromatic rings. The van der Waals surface area contributed by atoms with E-state index >= 15 is 0 Å². The van der Waals surface area contributed by atoms with Crippen molar-refractivity contribution in [3.63, 3.8) is 0 Å². The van der Waals surface area contributed by atoms with E-state index in [0.29, 0.717) is 6.54 Å². The Labute approximate surface area is 140 Å².